The molecule has 7 nitrogen and oxygen atoms in total. The molecule has 1 fully saturated rings. The average Bonchev–Trinajstić information content (AvgIpc) is 2.48. The van der Waals surface area contributed by atoms with E-state index >= 15 is 0 Å². The van der Waals surface area contributed by atoms with E-state index in [9.17, 15) is 9.90 Å². The van der Waals surface area contributed by atoms with Gasteiger partial charge in [0.1, 0.15) is 0 Å². The van der Waals surface area contributed by atoms with E-state index in [1.165, 1.54) is 0 Å². The van der Waals surface area contributed by atoms with Crippen LogP contribution in [-0.4, -0.2) is 59.7 Å². The third-order valence-corrected chi connectivity index (χ3v) is 3.22. The van der Waals surface area contributed by atoms with E-state index in [1.807, 2.05) is 18.7 Å². The van der Waals surface area contributed by atoms with Crippen molar-refractivity contribution >= 4 is 11.7 Å². The van der Waals surface area contributed by atoms with Gasteiger partial charge in [-0.05, 0) is 26.0 Å². The number of aliphatic hydroxyl groups is 1. The molecular formula is C13H20N4O3. The van der Waals surface area contributed by atoms with Gasteiger partial charge < -0.3 is 20.1 Å². The molecule has 1 saturated heterocycles. The molecule has 2 N–H and O–H groups in total. The predicted octanol–water partition coefficient (Wildman–Crippen LogP) is -0.188. The Bertz CT molecular complexity index is 451. The second-order valence-electron chi connectivity index (χ2n) is 4.78. The Hall–Kier alpha value is -1.73. The molecule has 20 heavy (non-hydrogen) atoms. The lowest BCUT2D eigenvalue weighted by atomic mass is 10.2. The van der Waals surface area contributed by atoms with Gasteiger partial charge in [0.25, 0.3) is 5.91 Å². The Labute approximate surface area is 117 Å². The number of rotatable bonds is 4. The van der Waals surface area contributed by atoms with Gasteiger partial charge >= 0.3 is 0 Å². The lowest BCUT2D eigenvalue weighted by Crippen LogP contribution is -2.50. The Morgan fingerprint density at radius 3 is 2.95 bits per heavy atom. The Kier molecular flexibility index (Phi) is 4.86. The molecule has 0 aliphatic carbocycles. The molecule has 2 unspecified atom stereocenters. The summed E-state index contributed by atoms with van der Waals surface area (Å²) >= 11 is 0. The molecule has 1 aromatic heterocycles. The summed E-state index contributed by atoms with van der Waals surface area (Å²) in [5.74, 6) is 0.460. The van der Waals surface area contributed by atoms with Crippen molar-refractivity contribution in [3.05, 3.63) is 17.8 Å². The first-order valence-electron chi connectivity index (χ1n) is 6.76. The van der Waals surface area contributed by atoms with Gasteiger partial charge in [0.05, 0.1) is 25.4 Å². The highest BCUT2D eigenvalue weighted by Gasteiger charge is 2.27. The number of amides is 1. The summed E-state index contributed by atoms with van der Waals surface area (Å²) in [4.78, 5) is 13.6. The fourth-order valence-corrected chi connectivity index (χ4v) is 2.10. The standard InChI is InChI=1S/C13H20N4O3/c1-3-14-13(19)11-4-5-12(16-15-11)17-6-10(7-18)20-8-9(17)2/h4-5,9-10,18H,3,6-8H2,1-2H3,(H,14,19). The van der Waals surface area contributed by atoms with Crippen LogP contribution in [0.1, 0.15) is 24.3 Å². The normalized spacial score (nSPS) is 22.6. The zero-order valence-electron chi connectivity index (χ0n) is 11.7. The van der Waals surface area contributed by atoms with Crippen molar-refractivity contribution in [2.24, 2.45) is 0 Å². The van der Waals surface area contributed by atoms with Crippen LogP contribution in [0.15, 0.2) is 12.1 Å². The minimum atomic E-state index is -0.227. The van der Waals surface area contributed by atoms with Crippen LogP contribution in [0.5, 0.6) is 0 Å². The van der Waals surface area contributed by atoms with Gasteiger partial charge in [-0.3, -0.25) is 4.79 Å². The number of hydrogen-bond donors (Lipinski definition) is 2. The van der Waals surface area contributed by atoms with E-state index in [-0.39, 0.29) is 24.7 Å². The first-order valence-corrected chi connectivity index (χ1v) is 6.76. The molecule has 1 amide bonds. The van der Waals surface area contributed by atoms with Gasteiger partial charge in [-0.1, -0.05) is 0 Å². The largest absolute Gasteiger partial charge is 0.394 e. The topological polar surface area (TPSA) is 87.6 Å². The first kappa shape index (κ1) is 14.7. The minimum absolute atomic E-state index is 0.0202. The second-order valence-corrected chi connectivity index (χ2v) is 4.78. The van der Waals surface area contributed by atoms with Crippen molar-refractivity contribution in [1.29, 1.82) is 0 Å². The van der Waals surface area contributed by atoms with E-state index in [4.69, 9.17) is 4.74 Å². The van der Waals surface area contributed by atoms with Gasteiger partial charge in [-0.15, -0.1) is 10.2 Å². The Morgan fingerprint density at radius 2 is 2.35 bits per heavy atom. The third kappa shape index (κ3) is 3.23. The van der Waals surface area contributed by atoms with Crippen LogP contribution in [-0.2, 0) is 4.74 Å². The number of carbonyl (C=O) groups excluding carboxylic acids is 1. The van der Waals surface area contributed by atoms with Crippen LogP contribution < -0.4 is 10.2 Å². The number of ether oxygens (including phenoxy) is 1. The van der Waals surface area contributed by atoms with E-state index in [0.717, 1.165) is 0 Å². The highest BCUT2D eigenvalue weighted by molar-refractivity contribution is 5.92. The summed E-state index contributed by atoms with van der Waals surface area (Å²) in [6.45, 7) is 5.50. The highest BCUT2D eigenvalue weighted by atomic mass is 16.5. The molecule has 0 radical (unpaired) electrons. The summed E-state index contributed by atoms with van der Waals surface area (Å²) in [6.07, 6.45) is -0.212. The van der Waals surface area contributed by atoms with Gasteiger partial charge in [-0.25, -0.2) is 0 Å². The number of aromatic nitrogens is 2. The summed E-state index contributed by atoms with van der Waals surface area (Å²) in [5.41, 5.74) is 0.301. The number of nitrogens with one attached hydrogen (secondary N) is 1. The van der Waals surface area contributed by atoms with Crippen LogP contribution >= 0.6 is 0 Å². The molecule has 0 bridgehead atoms. The zero-order valence-corrected chi connectivity index (χ0v) is 11.7. The molecule has 2 atom stereocenters. The summed E-state index contributed by atoms with van der Waals surface area (Å²) in [6, 6.07) is 3.58. The quantitative estimate of drug-likeness (QED) is 0.795. The second kappa shape index (κ2) is 6.62. The number of carbonyl (C=O) groups is 1. The predicted molar refractivity (Wildman–Crippen MR) is 73.7 cm³/mol. The smallest absolute Gasteiger partial charge is 0.271 e. The molecule has 0 spiro atoms. The number of nitrogens with zero attached hydrogens (tertiary/aromatic N) is 3. The van der Waals surface area contributed by atoms with Crippen molar-refractivity contribution in [3.63, 3.8) is 0 Å². The molecule has 2 rings (SSSR count). The first-order chi connectivity index (χ1) is 9.65. The number of aliphatic hydroxyl groups excluding tert-OH is 1. The van der Waals surface area contributed by atoms with E-state index in [0.29, 0.717) is 31.2 Å². The lowest BCUT2D eigenvalue weighted by molar-refractivity contribution is -0.0106. The molecule has 1 aliphatic rings. The molecule has 7 heteroatoms. The molecule has 0 aromatic carbocycles. The van der Waals surface area contributed by atoms with Crippen LogP contribution in [0.4, 0.5) is 5.82 Å². The minimum Gasteiger partial charge on any atom is -0.394 e. The SMILES string of the molecule is CCNC(=O)c1ccc(N2CC(CO)OCC2C)nn1. The fraction of sp³-hybridized carbons (Fsp3) is 0.615. The number of hydrogen-bond acceptors (Lipinski definition) is 6. The summed E-state index contributed by atoms with van der Waals surface area (Å²) in [5, 5.41) is 19.9. The van der Waals surface area contributed by atoms with E-state index in [1.54, 1.807) is 12.1 Å². The Balaban J connectivity index is 2.10. The maximum Gasteiger partial charge on any atom is 0.271 e. The molecule has 1 aliphatic heterocycles. The average molecular weight is 280 g/mol. The molecule has 110 valence electrons. The van der Waals surface area contributed by atoms with Crippen LogP contribution in [0, 0.1) is 0 Å². The molecule has 1 aromatic rings. The van der Waals surface area contributed by atoms with Crippen molar-refractivity contribution < 1.29 is 14.6 Å². The molecule has 2 heterocycles. The lowest BCUT2D eigenvalue weighted by Gasteiger charge is -2.37. The zero-order chi connectivity index (χ0) is 14.5. The molecule has 0 saturated carbocycles. The van der Waals surface area contributed by atoms with E-state index in [2.05, 4.69) is 15.5 Å². The van der Waals surface area contributed by atoms with Crippen molar-refractivity contribution in [3.8, 4) is 0 Å². The maximum absolute atomic E-state index is 11.6. The van der Waals surface area contributed by atoms with Crippen molar-refractivity contribution in [1.82, 2.24) is 15.5 Å². The van der Waals surface area contributed by atoms with Gasteiger partial charge in [0.15, 0.2) is 11.5 Å². The van der Waals surface area contributed by atoms with Crippen molar-refractivity contribution in [2.45, 2.75) is 26.0 Å². The summed E-state index contributed by atoms with van der Waals surface area (Å²) in [7, 11) is 0. The van der Waals surface area contributed by atoms with Crippen LogP contribution in [0.25, 0.3) is 0 Å². The third-order valence-electron chi connectivity index (χ3n) is 3.22. The van der Waals surface area contributed by atoms with Gasteiger partial charge in [0, 0.05) is 13.1 Å². The monoisotopic (exact) mass is 280 g/mol. The fourth-order valence-electron chi connectivity index (χ4n) is 2.10. The van der Waals surface area contributed by atoms with Gasteiger partial charge in [0.2, 0.25) is 0 Å². The molecular weight excluding hydrogens is 260 g/mol. The Morgan fingerprint density at radius 1 is 1.55 bits per heavy atom. The maximum atomic E-state index is 11.6. The number of morpholine rings is 1. The highest BCUT2D eigenvalue weighted by Crippen LogP contribution is 2.19. The summed E-state index contributed by atoms with van der Waals surface area (Å²) < 4.78 is 5.48. The van der Waals surface area contributed by atoms with E-state index < -0.39 is 0 Å². The van der Waals surface area contributed by atoms with Crippen LogP contribution in [0.3, 0.4) is 0 Å². The van der Waals surface area contributed by atoms with Crippen LogP contribution in [0.2, 0.25) is 0 Å². The number of anilines is 1. The van der Waals surface area contributed by atoms with Crippen molar-refractivity contribution in [2.75, 3.05) is 31.2 Å². The van der Waals surface area contributed by atoms with Gasteiger partial charge in [-0.2, -0.15) is 0 Å².